The average molecular weight is 295 g/mol. The molecular weight excluding hydrogens is 272 g/mol. The molecule has 0 saturated heterocycles. The van der Waals surface area contributed by atoms with Crippen LogP contribution in [0, 0.1) is 17.8 Å². The second-order valence-electron chi connectivity index (χ2n) is 4.88. The van der Waals surface area contributed by atoms with Gasteiger partial charge in [-0.1, -0.05) is 37.8 Å². The van der Waals surface area contributed by atoms with Crippen LogP contribution in [0.3, 0.4) is 0 Å². The van der Waals surface area contributed by atoms with Gasteiger partial charge in [0.2, 0.25) is 0 Å². The van der Waals surface area contributed by atoms with E-state index in [-0.39, 0.29) is 0 Å². The van der Waals surface area contributed by atoms with Crippen molar-refractivity contribution in [3.8, 4) is 17.6 Å². The van der Waals surface area contributed by atoms with E-state index < -0.39 is 0 Å². The van der Waals surface area contributed by atoms with Crippen LogP contribution < -0.4 is 4.74 Å². The van der Waals surface area contributed by atoms with Crippen LogP contribution >= 0.6 is 11.6 Å². The summed E-state index contributed by atoms with van der Waals surface area (Å²) in [5.74, 6) is 8.14. The Morgan fingerprint density at radius 3 is 2.70 bits per heavy atom. The molecule has 2 nitrogen and oxygen atoms in total. The minimum absolute atomic E-state index is 0.548. The van der Waals surface area contributed by atoms with E-state index in [1.807, 2.05) is 24.3 Å². The molecule has 0 aliphatic carbocycles. The fourth-order valence-corrected chi connectivity index (χ4v) is 1.63. The molecule has 0 unspecified atom stereocenters. The van der Waals surface area contributed by atoms with E-state index in [0.29, 0.717) is 31.4 Å². The highest BCUT2D eigenvalue weighted by molar-refractivity contribution is 6.18. The Morgan fingerprint density at radius 2 is 1.95 bits per heavy atom. The van der Waals surface area contributed by atoms with Crippen molar-refractivity contribution in [3.63, 3.8) is 0 Å². The summed E-state index contributed by atoms with van der Waals surface area (Å²) in [6.45, 7) is 6.33. The molecule has 0 atom stereocenters. The molecule has 0 N–H and O–H groups in total. The highest BCUT2D eigenvalue weighted by Gasteiger charge is 2.00. The van der Waals surface area contributed by atoms with Crippen LogP contribution in [0.15, 0.2) is 24.3 Å². The molecule has 0 aliphatic heterocycles. The molecule has 1 rings (SSSR count). The standard InChI is InChI=1S/C17H23ClO2/c1-15(2)10-12-19-13-14-20-17-9-4-3-7-16(17)8-5-6-11-18/h3-4,7,9,15H,6,10-14H2,1-2H3. The normalized spacial score (nSPS) is 10.2. The summed E-state index contributed by atoms with van der Waals surface area (Å²) in [4.78, 5) is 0. The Labute approximate surface area is 127 Å². The van der Waals surface area contributed by atoms with Crippen molar-refractivity contribution in [2.45, 2.75) is 26.7 Å². The maximum atomic E-state index is 5.71. The molecule has 0 aromatic heterocycles. The summed E-state index contributed by atoms with van der Waals surface area (Å²) < 4.78 is 11.2. The lowest BCUT2D eigenvalue weighted by molar-refractivity contribution is 0.0925. The third-order valence-corrected chi connectivity index (χ3v) is 2.84. The summed E-state index contributed by atoms with van der Waals surface area (Å²) in [6.07, 6.45) is 1.77. The maximum absolute atomic E-state index is 5.71. The van der Waals surface area contributed by atoms with Crippen molar-refractivity contribution in [2.24, 2.45) is 5.92 Å². The molecule has 0 fully saturated rings. The first-order valence-corrected chi connectivity index (χ1v) is 7.62. The van der Waals surface area contributed by atoms with Crippen molar-refractivity contribution < 1.29 is 9.47 Å². The second-order valence-corrected chi connectivity index (χ2v) is 5.26. The van der Waals surface area contributed by atoms with Crippen molar-refractivity contribution in [1.82, 2.24) is 0 Å². The number of ether oxygens (including phenoxy) is 2. The fraction of sp³-hybridized carbons (Fsp3) is 0.529. The fourth-order valence-electron chi connectivity index (χ4n) is 1.53. The first-order valence-electron chi connectivity index (χ1n) is 7.08. The van der Waals surface area contributed by atoms with Gasteiger partial charge in [0.25, 0.3) is 0 Å². The van der Waals surface area contributed by atoms with Crippen molar-refractivity contribution in [3.05, 3.63) is 29.8 Å². The Morgan fingerprint density at radius 1 is 1.15 bits per heavy atom. The summed E-state index contributed by atoms with van der Waals surface area (Å²) >= 11 is 5.61. The molecule has 0 saturated carbocycles. The molecule has 110 valence electrons. The molecule has 1 aromatic carbocycles. The summed E-state index contributed by atoms with van der Waals surface area (Å²) in [7, 11) is 0. The van der Waals surface area contributed by atoms with E-state index in [0.717, 1.165) is 24.3 Å². The van der Waals surface area contributed by atoms with Gasteiger partial charge in [0.1, 0.15) is 12.4 Å². The number of rotatable bonds is 8. The number of hydrogen-bond acceptors (Lipinski definition) is 2. The molecule has 0 spiro atoms. The summed E-state index contributed by atoms with van der Waals surface area (Å²) in [5.41, 5.74) is 0.903. The molecular formula is C17H23ClO2. The van der Waals surface area contributed by atoms with Gasteiger partial charge >= 0.3 is 0 Å². The molecule has 20 heavy (non-hydrogen) atoms. The predicted octanol–water partition coefficient (Wildman–Crippen LogP) is 4.11. The quantitative estimate of drug-likeness (QED) is 0.408. The van der Waals surface area contributed by atoms with Crippen LogP contribution in [-0.2, 0) is 4.74 Å². The van der Waals surface area contributed by atoms with Crippen LogP contribution in [0.2, 0.25) is 0 Å². The SMILES string of the molecule is CC(C)CCOCCOc1ccccc1C#CCCCl. The van der Waals surface area contributed by atoms with Gasteiger partial charge in [0.15, 0.2) is 0 Å². The molecule has 1 aromatic rings. The number of benzene rings is 1. The van der Waals surface area contributed by atoms with Crippen molar-refractivity contribution in [1.29, 1.82) is 0 Å². The van der Waals surface area contributed by atoms with Crippen molar-refractivity contribution >= 4 is 11.6 Å². The zero-order valence-corrected chi connectivity index (χ0v) is 13.1. The lowest BCUT2D eigenvalue weighted by Gasteiger charge is -2.09. The van der Waals surface area contributed by atoms with Crippen LogP contribution in [0.1, 0.15) is 32.3 Å². The largest absolute Gasteiger partial charge is 0.490 e. The molecule has 0 radical (unpaired) electrons. The third kappa shape index (κ3) is 7.43. The molecule has 0 aliphatic rings. The van der Waals surface area contributed by atoms with Crippen LogP contribution in [0.25, 0.3) is 0 Å². The number of halogens is 1. The van der Waals surface area contributed by atoms with E-state index in [1.54, 1.807) is 0 Å². The Kier molecular flexibility index (Phi) is 8.95. The lowest BCUT2D eigenvalue weighted by Crippen LogP contribution is -2.09. The highest BCUT2D eigenvalue weighted by Crippen LogP contribution is 2.16. The van der Waals surface area contributed by atoms with Crippen molar-refractivity contribution in [2.75, 3.05) is 25.7 Å². The first-order chi connectivity index (χ1) is 9.74. The van der Waals surface area contributed by atoms with Gasteiger partial charge in [-0.3, -0.25) is 0 Å². The summed E-state index contributed by atoms with van der Waals surface area (Å²) in [5, 5.41) is 0. The Hall–Kier alpha value is -1.17. The number of hydrogen-bond donors (Lipinski definition) is 0. The maximum Gasteiger partial charge on any atom is 0.135 e. The van der Waals surface area contributed by atoms with Crippen LogP contribution in [0.5, 0.6) is 5.75 Å². The van der Waals surface area contributed by atoms with E-state index in [4.69, 9.17) is 21.1 Å². The third-order valence-electron chi connectivity index (χ3n) is 2.65. The van der Waals surface area contributed by atoms with E-state index in [1.165, 1.54) is 0 Å². The first kappa shape index (κ1) is 16.9. The summed E-state index contributed by atoms with van der Waals surface area (Å²) in [6, 6.07) is 7.79. The highest BCUT2D eigenvalue weighted by atomic mass is 35.5. The zero-order chi connectivity index (χ0) is 14.6. The smallest absolute Gasteiger partial charge is 0.135 e. The lowest BCUT2D eigenvalue weighted by atomic mass is 10.1. The Bertz CT molecular complexity index is 432. The van der Waals surface area contributed by atoms with Gasteiger partial charge in [0, 0.05) is 18.9 Å². The Balaban J connectivity index is 2.35. The van der Waals surface area contributed by atoms with Gasteiger partial charge in [-0.15, -0.1) is 11.6 Å². The molecule has 0 heterocycles. The van der Waals surface area contributed by atoms with Crippen LogP contribution in [-0.4, -0.2) is 25.7 Å². The van der Waals surface area contributed by atoms with E-state index >= 15 is 0 Å². The monoisotopic (exact) mass is 294 g/mol. The molecule has 3 heteroatoms. The molecule has 0 amide bonds. The second kappa shape index (κ2) is 10.6. The number of alkyl halides is 1. The number of para-hydroxylation sites is 1. The van der Waals surface area contributed by atoms with Gasteiger partial charge in [-0.05, 0) is 24.5 Å². The predicted molar refractivity (Wildman–Crippen MR) is 84.4 cm³/mol. The zero-order valence-electron chi connectivity index (χ0n) is 12.3. The topological polar surface area (TPSA) is 18.5 Å². The van der Waals surface area contributed by atoms with Gasteiger partial charge in [-0.25, -0.2) is 0 Å². The molecule has 0 bridgehead atoms. The van der Waals surface area contributed by atoms with Gasteiger partial charge < -0.3 is 9.47 Å². The van der Waals surface area contributed by atoms with Gasteiger partial charge in [-0.2, -0.15) is 0 Å². The van der Waals surface area contributed by atoms with E-state index in [9.17, 15) is 0 Å². The van der Waals surface area contributed by atoms with Gasteiger partial charge in [0.05, 0.1) is 12.2 Å². The minimum Gasteiger partial charge on any atom is -0.490 e. The van der Waals surface area contributed by atoms with E-state index in [2.05, 4.69) is 25.7 Å². The average Bonchev–Trinajstić information content (AvgIpc) is 2.44. The minimum atomic E-state index is 0.548. The van der Waals surface area contributed by atoms with Crippen LogP contribution in [0.4, 0.5) is 0 Å².